The Labute approximate surface area is 169 Å². The summed E-state index contributed by atoms with van der Waals surface area (Å²) in [5.74, 6) is 1.78. The number of rotatable bonds is 4. The summed E-state index contributed by atoms with van der Waals surface area (Å²) >= 11 is 0. The fraction of sp³-hybridized carbons (Fsp3) is 0.667. The van der Waals surface area contributed by atoms with E-state index in [1.165, 1.54) is 7.11 Å². The lowest BCUT2D eigenvalue weighted by Gasteiger charge is -2.43. The fourth-order valence-electron chi connectivity index (χ4n) is 3.58. The van der Waals surface area contributed by atoms with E-state index in [-0.39, 0.29) is 12.3 Å². The molecule has 0 amide bonds. The fourth-order valence-corrected chi connectivity index (χ4v) is 3.58. The number of ether oxygens (including phenoxy) is 4. The van der Waals surface area contributed by atoms with Crippen molar-refractivity contribution < 1.29 is 18.9 Å². The van der Waals surface area contributed by atoms with Gasteiger partial charge in [-0.3, -0.25) is 4.90 Å². The Bertz CT molecular complexity index is 775. The third kappa shape index (κ3) is 4.11. The molecular formula is C18H27N7O4. The van der Waals surface area contributed by atoms with Gasteiger partial charge < -0.3 is 28.7 Å². The number of amidine groups is 1. The number of guanidine groups is 1. The first-order chi connectivity index (χ1) is 14.2. The largest absolute Gasteiger partial charge is 0.480 e. The number of aromatic nitrogens is 2. The monoisotopic (exact) mass is 405 g/mol. The Morgan fingerprint density at radius 3 is 2.34 bits per heavy atom. The molecule has 1 aromatic rings. The van der Waals surface area contributed by atoms with E-state index in [4.69, 9.17) is 28.9 Å². The summed E-state index contributed by atoms with van der Waals surface area (Å²) in [7, 11) is 5.11. The molecule has 2 saturated heterocycles. The van der Waals surface area contributed by atoms with E-state index in [0.717, 1.165) is 32.1 Å². The summed E-state index contributed by atoms with van der Waals surface area (Å²) in [5.41, 5.74) is 0.630. The lowest BCUT2D eigenvalue weighted by Crippen LogP contribution is -2.58. The second kappa shape index (κ2) is 8.89. The number of hydrogen-bond donors (Lipinski definition) is 0. The smallest absolute Gasteiger partial charge is 0.319 e. The normalized spacial score (nSPS) is 23.5. The Morgan fingerprint density at radius 2 is 1.69 bits per heavy atom. The quantitative estimate of drug-likeness (QED) is 0.656. The van der Waals surface area contributed by atoms with Gasteiger partial charge >= 0.3 is 6.01 Å². The second-order valence-electron chi connectivity index (χ2n) is 6.85. The zero-order valence-corrected chi connectivity index (χ0v) is 17.1. The maximum absolute atomic E-state index is 5.52. The first kappa shape index (κ1) is 19.8. The van der Waals surface area contributed by atoms with Crippen molar-refractivity contribution in [2.45, 2.75) is 6.29 Å². The highest BCUT2D eigenvalue weighted by molar-refractivity contribution is 6.08. The number of hydrogen-bond acceptors (Lipinski definition) is 11. The highest BCUT2D eigenvalue weighted by Gasteiger charge is 2.34. The molecule has 1 unspecified atom stereocenters. The van der Waals surface area contributed by atoms with Gasteiger partial charge in [0, 0.05) is 39.4 Å². The van der Waals surface area contributed by atoms with E-state index in [1.807, 2.05) is 7.05 Å². The van der Waals surface area contributed by atoms with Crippen molar-refractivity contribution in [3.8, 4) is 11.9 Å². The molecule has 0 saturated carbocycles. The van der Waals surface area contributed by atoms with E-state index in [1.54, 1.807) is 13.3 Å². The number of morpholine rings is 2. The molecule has 29 heavy (non-hydrogen) atoms. The molecule has 1 aromatic heterocycles. The van der Waals surface area contributed by atoms with Crippen LogP contribution in [0, 0.1) is 0 Å². The molecule has 0 aromatic carbocycles. The van der Waals surface area contributed by atoms with Gasteiger partial charge in [0.15, 0.2) is 12.1 Å². The summed E-state index contributed by atoms with van der Waals surface area (Å²) < 4.78 is 21.6. The van der Waals surface area contributed by atoms with Crippen molar-refractivity contribution in [1.29, 1.82) is 0 Å². The van der Waals surface area contributed by atoms with Gasteiger partial charge in [-0.2, -0.15) is 9.98 Å². The van der Waals surface area contributed by atoms with Gasteiger partial charge in [-0.05, 0) is 0 Å². The van der Waals surface area contributed by atoms with Gasteiger partial charge in [0.2, 0.25) is 11.8 Å². The molecule has 0 spiro atoms. The van der Waals surface area contributed by atoms with Crippen LogP contribution in [0.4, 0.5) is 0 Å². The molecule has 1 atom stereocenters. The standard InChI is InChI=1S/C18H27N7O4/c1-23-17(24-4-8-28-9-5-24)20-14(21-18(23)25-6-10-29-11-7-25)13-12-19-16(27-3)22-15(13)26-2/h12,17H,4-11H2,1-3H3. The Hall–Kier alpha value is -2.50. The van der Waals surface area contributed by atoms with Crippen molar-refractivity contribution in [3.05, 3.63) is 11.8 Å². The van der Waals surface area contributed by atoms with Crippen LogP contribution in [0.2, 0.25) is 0 Å². The Balaban J connectivity index is 1.73. The summed E-state index contributed by atoms with van der Waals surface area (Å²) in [6.45, 7) is 5.90. The van der Waals surface area contributed by atoms with Crippen LogP contribution in [0.5, 0.6) is 11.9 Å². The lowest BCUT2D eigenvalue weighted by atomic mass is 10.2. The molecule has 4 heterocycles. The van der Waals surface area contributed by atoms with Crippen LogP contribution in [-0.2, 0) is 9.47 Å². The molecule has 0 N–H and O–H groups in total. The van der Waals surface area contributed by atoms with Gasteiger partial charge in [-0.15, -0.1) is 0 Å². The number of methoxy groups -OCH3 is 2. The van der Waals surface area contributed by atoms with Crippen molar-refractivity contribution in [2.24, 2.45) is 9.98 Å². The maximum atomic E-state index is 5.52. The average Bonchev–Trinajstić information content (AvgIpc) is 2.80. The maximum Gasteiger partial charge on any atom is 0.319 e. The zero-order chi connectivity index (χ0) is 20.2. The molecule has 3 aliphatic heterocycles. The lowest BCUT2D eigenvalue weighted by molar-refractivity contribution is -0.0126. The molecule has 3 aliphatic rings. The van der Waals surface area contributed by atoms with Crippen molar-refractivity contribution in [2.75, 3.05) is 73.9 Å². The second-order valence-corrected chi connectivity index (χ2v) is 6.85. The third-order valence-electron chi connectivity index (χ3n) is 5.12. The molecule has 4 rings (SSSR count). The summed E-state index contributed by atoms with van der Waals surface area (Å²) in [4.78, 5) is 24.9. The van der Waals surface area contributed by atoms with Crippen molar-refractivity contribution in [3.63, 3.8) is 0 Å². The minimum Gasteiger partial charge on any atom is -0.480 e. The first-order valence-electron chi connectivity index (χ1n) is 9.70. The molecule has 0 aliphatic carbocycles. The van der Waals surface area contributed by atoms with Gasteiger partial charge in [0.1, 0.15) is 0 Å². The summed E-state index contributed by atoms with van der Waals surface area (Å²) in [6.07, 6.45) is 1.45. The van der Waals surface area contributed by atoms with Crippen molar-refractivity contribution in [1.82, 2.24) is 24.7 Å². The van der Waals surface area contributed by atoms with Crippen LogP contribution in [0.1, 0.15) is 5.56 Å². The molecular weight excluding hydrogens is 378 g/mol. The van der Waals surface area contributed by atoms with Crippen LogP contribution in [0.15, 0.2) is 16.2 Å². The van der Waals surface area contributed by atoms with Crippen molar-refractivity contribution >= 4 is 11.8 Å². The molecule has 158 valence electrons. The summed E-state index contributed by atoms with van der Waals surface area (Å²) in [6, 6.07) is 0.237. The molecule has 0 radical (unpaired) electrons. The molecule has 0 bridgehead atoms. The predicted octanol–water partition coefficient (Wildman–Crippen LogP) is -0.510. The predicted molar refractivity (Wildman–Crippen MR) is 105 cm³/mol. The Morgan fingerprint density at radius 1 is 1.00 bits per heavy atom. The first-order valence-corrected chi connectivity index (χ1v) is 9.70. The highest BCUT2D eigenvalue weighted by Crippen LogP contribution is 2.24. The van der Waals surface area contributed by atoms with Gasteiger partial charge in [0.05, 0.1) is 46.2 Å². The SMILES string of the molecule is COc1ncc(C2=NC(N3CCOCC3)N(C)C(N3CCOCC3)=N2)c(OC)n1. The molecule has 2 fully saturated rings. The zero-order valence-electron chi connectivity index (χ0n) is 17.1. The molecule has 11 heteroatoms. The van der Waals surface area contributed by atoms with Crippen LogP contribution in [0.25, 0.3) is 0 Å². The van der Waals surface area contributed by atoms with E-state index >= 15 is 0 Å². The summed E-state index contributed by atoms with van der Waals surface area (Å²) in [5, 5.41) is 0. The van der Waals surface area contributed by atoms with Gasteiger partial charge in [0.25, 0.3) is 0 Å². The van der Waals surface area contributed by atoms with E-state index in [9.17, 15) is 0 Å². The minimum absolute atomic E-state index is 0.198. The minimum atomic E-state index is -0.198. The number of nitrogens with zero attached hydrogens (tertiary/aromatic N) is 7. The Kier molecular flexibility index (Phi) is 6.07. The van der Waals surface area contributed by atoms with E-state index in [0.29, 0.717) is 43.7 Å². The van der Waals surface area contributed by atoms with Crippen LogP contribution in [0.3, 0.4) is 0 Å². The van der Waals surface area contributed by atoms with Gasteiger partial charge in [-0.25, -0.2) is 9.98 Å². The number of aliphatic imine (C=N–C) groups is 2. The van der Waals surface area contributed by atoms with Crippen LogP contribution in [-0.4, -0.2) is 117 Å². The van der Waals surface area contributed by atoms with E-state index in [2.05, 4.69) is 24.7 Å². The third-order valence-corrected chi connectivity index (χ3v) is 5.12. The topological polar surface area (TPSA) is 97.1 Å². The highest BCUT2D eigenvalue weighted by atomic mass is 16.5. The molecule has 11 nitrogen and oxygen atoms in total. The average molecular weight is 405 g/mol. The van der Waals surface area contributed by atoms with Crippen LogP contribution >= 0.6 is 0 Å². The van der Waals surface area contributed by atoms with E-state index < -0.39 is 0 Å². The van der Waals surface area contributed by atoms with Crippen LogP contribution < -0.4 is 9.47 Å². The van der Waals surface area contributed by atoms with Gasteiger partial charge in [-0.1, -0.05) is 0 Å².